The maximum Gasteiger partial charge on any atom is 0.246 e. The minimum atomic E-state index is 0.540. The van der Waals surface area contributed by atoms with Crippen LogP contribution in [0.2, 0.25) is 0 Å². The fourth-order valence-corrected chi connectivity index (χ4v) is 10.1. The molecule has 3 nitrogen and oxygen atoms in total. The lowest BCUT2D eigenvalue weighted by molar-refractivity contribution is 0.654. The van der Waals surface area contributed by atoms with Gasteiger partial charge in [-0.3, -0.25) is 0 Å². The van der Waals surface area contributed by atoms with Gasteiger partial charge in [-0.25, -0.2) is 9.97 Å². The topological polar surface area (TPSA) is 38.9 Å². The average molecular weight is 687 g/mol. The third-order valence-electron chi connectivity index (χ3n) is 9.97. The molecule has 7 aromatic carbocycles. The molecule has 5 heteroatoms. The fraction of sp³-hybridized carbons (Fsp3) is 0. The van der Waals surface area contributed by atoms with Crippen molar-refractivity contribution in [3.63, 3.8) is 0 Å². The molecule has 0 saturated heterocycles. The Labute approximate surface area is 300 Å². The molecule has 0 N–H and O–H groups in total. The number of benzene rings is 7. The molecular formula is C46H26N2OS2. The average Bonchev–Trinajstić information content (AvgIpc) is 3.89. The summed E-state index contributed by atoms with van der Waals surface area (Å²) >= 11 is 3.71. The van der Waals surface area contributed by atoms with E-state index in [9.17, 15) is 0 Å². The molecule has 0 atom stereocenters. The molecule has 0 amide bonds. The van der Waals surface area contributed by atoms with Crippen LogP contribution in [0.15, 0.2) is 162 Å². The van der Waals surface area contributed by atoms with Gasteiger partial charge in [0, 0.05) is 56.9 Å². The number of fused-ring (bicyclic) bond motifs is 9. The lowest BCUT2D eigenvalue weighted by Crippen LogP contribution is -1.88. The molecule has 0 spiro atoms. The van der Waals surface area contributed by atoms with Gasteiger partial charge in [-0.1, -0.05) is 121 Å². The van der Waals surface area contributed by atoms with Crippen molar-refractivity contribution in [2.45, 2.75) is 0 Å². The van der Waals surface area contributed by atoms with Crippen LogP contribution in [0.3, 0.4) is 0 Å². The number of aromatic nitrogens is 2. The summed E-state index contributed by atoms with van der Waals surface area (Å²) in [5, 5.41) is 6.16. The first-order chi connectivity index (χ1) is 25.3. The molecule has 0 saturated carbocycles. The Kier molecular flexibility index (Phi) is 6.29. The van der Waals surface area contributed by atoms with Crippen LogP contribution in [0.4, 0.5) is 0 Å². The number of para-hydroxylation sites is 1. The second-order valence-corrected chi connectivity index (χ2v) is 15.0. The van der Waals surface area contributed by atoms with Crippen molar-refractivity contribution in [3.8, 4) is 44.6 Å². The van der Waals surface area contributed by atoms with E-state index in [4.69, 9.17) is 14.4 Å². The maximum absolute atomic E-state index is 6.48. The fourth-order valence-electron chi connectivity index (χ4n) is 7.57. The van der Waals surface area contributed by atoms with E-state index in [1.165, 1.54) is 57.0 Å². The Bertz CT molecular complexity index is 3170. The van der Waals surface area contributed by atoms with Crippen molar-refractivity contribution in [2.75, 3.05) is 0 Å². The van der Waals surface area contributed by atoms with Gasteiger partial charge in [0.1, 0.15) is 11.1 Å². The molecule has 0 aliphatic rings. The normalized spacial score (nSPS) is 11.9. The van der Waals surface area contributed by atoms with E-state index in [1.54, 1.807) is 0 Å². The molecule has 51 heavy (non-hydrogen) atoms. The van der Waals surface area contributed by atoms with E-state index in [1.807, 2.05) is 28.9 Å². The third kappa shape index (κ3) is 4.49. The van der Waals surface area contributed by atoms with Gasteiger partial charge in [-0.2, -0.15) is 0 Å². The van der Waals surface area contributed by atoms with Gasteiger partial charge in [-0.05, 0) is 58.1 Å². The van der Waals surface area contributed by atoms with E-state index >= 15 is 0 Å². The minimum absolute atomic E-state index is 0.540. The van der Waals surface area contributed by atoms with Crippen LogP contribution in [0.1, 0.15) is 0 Å². The van der Waals surface area contributed by atoms with E-state index < -0.39 is 0 Å². The van der Waals surface area contributed by atoms with Crippen LogP contribution < -0.4 is 0 Å². The third-order valence-corrected chi connectivity index (χ3v) is 12.4. The van der Waals surface area contributed by atoms with Crippen LogP contribution in [-0.2, 0) is 0 Å². The van der Waals surface area contributed by atoms with Crippen molar-refractivity contribution in [3.05, 3.63) is 158 Å². The Morgan fingerprint density at radius 1 is 0.431 bits per heavy atom. The first-order valence-electron chi connectivity index (χ1n) is 17.0. The number of furan rings is 1. The predicted octanol–water partition coefficient (Wildman–Crippen LogP) is 13.8. The second kappa shape index (κ2) is 11.2. The largest absolute Gasteiger partial charge is 0.436 e. The van der Waals surface area contributed by atoms with Crippen molar-refractivity contribution in [1.29, 1.82) is 0 Å². The monoisotopic (exact) mass is 686 g/mol. The van der Waals surface area contributed by atoms with Gasteiger partial charge in [-0.15, -0.1) is 22.7 Å². The molecule has 0 radical (unpaired) electrons. The summed E-state index contributed by atoms with van der Waals surface area (Å²) in [7, 11) is 0. The highest BCUT2D eigenvalue weighted by Gasteiger charge is 2.18. The van der Waals surface area contributed by atoms with E-state index in [0.29, 0.717) is 5.71 Å². The zero-order valence-corrected chi connectivity index (χ0v) is 28.8. The zero-order chi connectivity index (χ0) is 33.5. The van der Waals surface area contributed by atoms with Crippen LogP contribution in [0, 0.1) is 0 Å². The molecule has 11 aromatic rings. The number of hydrogen-bond acceptors (Lipinski definition) is 5. The molecule has 0 aliphatic carbocycles. The van der Waals surface area contributed by atoms with E-state index in [-0.39, 0.29) is 0 Å². The Morgan fingerprint density at radius 2 is 0.922 bits per heavy atom. The standard InChI is InChI=1S/C46H26N2OS2/c1-3-22-40-34(14-1)36-19-8-17-32(44(36)50-40)28-11-5-10-27(24-28)31-16-7-21-38-42-46(49-43(31)38)47-26-39(48-42)30-13-6-12-29(25-30)33-18-9-20-37-35-15-2-4-23-41(35)51-45(33)37/h1-26H. The SMILES string of the molecule is c1cc(-c2cnc3oc4c(-c5cccc(-c6cccc7c6sc6ccccc67)c5)cccc4c3n2)cc(-c2cccc3c2sc2ccccc23)c1. The zero-order valence-electron chi connectivity index (χ0n) is 27.1. The summed E-state index contributed by atoms with van der Waals surface area (Å²) in [6.07, 6.45) is 1.83. The summed E-state index contributed by atoms with van der Waals surface area (Å²) in [6, 6.07) is 54.2. The lowest BCUT2D eigenvalue weighted by atomic mass is 9.97. The van der Waals surface area contributed by atoms with Crippen molar-refractivity contribution in [2.24, 2.45) is 0 Å². The highest BCUT2D eigenvalue weighted by atomic mass is 32.1. The highest BCUT2D eigenvalue weighted by molar-refractivity contribution is 7.26. The molecule has 0 unspecified atom stereocenters. The Morgan fingerprint density at radius 3 is 1.57 bits per heavy atom. The van der Waals surface area contributed by atoms with Crippen LogP contribution in [0.5, 0.6) is 0 Å². The van der Waals surface area contributed by atoms with Gasteiger partial charge in [0.05, 0.1) is 11.9 Å². The van der Waals surface area contributed by atoms with Crippen LogP contribution in [0.25, 0.3) is 107 Å². The smallest absolute Gasteiger partial charge is 0.246 e. The van der Waals surface area contributed by atoms with Crippen molar-refractivity contribution < 1.29 is 4.42 Å². The van der Waals surface area contributed by atoms with Gasteiger partial charge in [0.25, 0.3) is 0 Å². The van der Waals surface area contributed by atoms with Gasteiger partial charge in [0.2, 0.25) is 5.71 Å². The molecule has 11 rings (SSSR count). The minimum Gasteiger partial charge on any atom is -0.436 e. The van der Waals surface area contributed by atoms with Gasteiger partial charge in [0.15, 0.2) is 0 Å². The number of rotatable bonds is 4. The Balaban J connectivity index is 1.00. The number of hydrogen-bond donors (Lipinski definition) is 0. The van der Waals surface area contributed by atoms with E-state index in [2.05, 4.69) is 152 Å². The van der Waals surface area contributed by atoms with E-state index in [0.717, 1.165) is 44.4 Å². The van der Waals surface area contributed by atoms with Gasteiger partial charge < -0.3 is 4.42 Å². The summed E-state index contributed by atoms with van der Waals surface area (Å²) < 4.78 is 11.7. The first-order valence-corrected chi connectivity index (χ1v) is 18.6. The molecule has 4 heterocycles. The summed E-state index contributed by atoms with van der Waals surface area (Å²) in [4.78, 5) is 9.97. The molecule has 0 aliphatic heterocycles. The maximum atomic E-state index is 6.48. The lowest BCUT2D eigenvalue weighted by Gasteiger charge is -2.08. The van der Waals surface area contributed by atoms with Crippen molar-refractivity contribution >= 4 is 85.2 Å². The highest BCUT2D eigenvalue weighted by Crippen LogP contribution is 2.43. The molecule has 238 valence electrons. The summed E-state index contributed by atoms with van der Waals surface area (Å²) in [5.74, 6) is 0. The Hall–Kier alpha value is -6.14. The van der Waals surface area contributed by atoms with Crippen LogP contribution in [-0.4, -0.2) is 9.97 Å². The molecular weight excluding hydrogens is 661 g/mol. The number of thiophene rings is 2. The summed E-state index contributed by atoms with van der Waals surface area (Å²) in [6.45, 7) is 0. The summed E-state index contributed by atoms with van der Waals surface area (Å²) in [5.41, 5.74) is 10.9. The van der Waals surface area contributed by atoms with Crippen LogP contribution >= 0.6 is 22.7 Å². The number of nitrogens with zero attached hydrogens (tertiary/aromatic N) is 2. The van der Waals surface area contributed by atoms with Crippen molar-refractivity contribution in [1.82, 2.24) is 9.97 Å². The van der Waals surface area contributed by atoms with Gasteiger partial charge >= 0.3 is 0 Å². The molecule has 0 bridgehead atoms. The first kappa shape index (κ1) is 28.7. The quantitative estimate of drug-likeness (QED) is 0.185. The molecule has 4 aromatic heterocycles. The molecule has 0 fully saturated rings. The second-order valence-electron chi connectivity index (χ2n) is 12.9. The predicted molar refractivity (Wildman–Crippen MR) is 217 cm³/mol.